The highest BCUT2D eigenvalue weighted by molar-refractivity contribution is 6.06. The summed E-state index contributed by atoms with van der Waals surface area (Å²) in [4.78, 5) is 12.5. The molecular formula is C23H17NO. The summed E-state index contributed by atoms with van der Waals surface area (Å²) in [7, 11) is 0. The summed E-state index contributed by atoms with van der Waals surface area (Å²) in [5.74, 6) is -0.0989. The van der Waals surface area contributed by atoms with Crippen LogP contribution in [0.15, 0.2) is 97.1 Å². The van der Waals surface area contributed by atoms with Crippen molar-refractivity contribution in [3.05, 3.63) is 103 Å². The second-order valence-electron chi connectivity index (χ2n) is 5.96. The third-order valence-corrected chi connectivity index (χ3v) is 4.26. The number of carbonyl (C=O) groups excluding carboxylic acids is 1. The molecule has 2 nitrogen and oxygen atoms in total. The average Bonchev–Trinajstić information content (AvgIpc) is 2.69. The molecule has 0 heterocycles. The van der Waals surface area contributed by atoms with Gasteiger partial charge in [0.25, 0.3) is 5.91 Å². The van der Waals surface area contributed by atoms with Crippen molar-refractivity contribution in [2.45, 2.75) is 0 Å². The van der Waals surface area contributed by atoms with Crippen molar-refractivity contribution in [3.63, 3.8) is 0 Å². The van der Waals surface area contributed by atoms with E-state index in [0.717, 1.165) is 27.6 Å². The van der Waals surface area contributed by atoms with Crippen molar-refractivity contribution >= 4 is 22.4 Å². The van der Waals surface area contributed by atoms with Crippen LogP contribution in [0.5, 0.6) is 0 Å². The van der Waals surface area contributed by atoms with Crippen molar-refractivity contribution in [1.29, 1.82) is 0 Å². The van der Waals surface area contributed by atoms with Crippen molar-refractivity contribution in [3.8, 4) is 11.1 Å². The Labute approximate surface area is 146 Å². The van der Waals surface area contributed by atoms with E-state index >= 15 is 0 Å². The lowest BCUT2D eigenvalue weighted by Gasteiger charge is -2.08. The van der Waals surface area contributed by atoms with Crippen LogP contribution in [0.25, 0.3) is 21.9 Å². The third-order valence-electron chi connectivity index (χ3n) is 4.26. The van der Waals surface area contributed by atoms with E-state index in [0.29, 0.717) is 5.56 Å². The van der Waals surface area contributed by atoms with Crippen LogP contribution in [0.1, 0.15) is 10.4 Å². The second-order valence-corrected chi connectivity index (χ2v) is 5.96. The molecule has 0 unspecified atom stereocenters. The van der Waals surface area contributed by atoms with Gasteiger partial charge < -0.3 is 5.32 Å². The number of fused-ring (bicyclic) bond motifs is 1. The molecule has 0 aliphatic rings. The van der Waals surface area contributed by atoms with Crippen LogP contribution in [-0.4, -0.2) is 5.91 Å². The Hall–Kier alpha value is -3.39. The predicted octanol–water partition coefficient (Wildman–Crippen LogP) is 5.76. The molecule has 0 saturated carbocycles. The van der Waals surface area contributed by atoms with Crippen LogP contribution in [0.2, 0.25) is 0 Å². The van der Waals surface area contributed by atoms with Crippen molar-refractivity contribution in [2.75, 3.05) is 5.32 Å². The standard InChI is InChI=1S/C23H17NO/c25-23(21-11-10-18-8-4-5-9-20(18)16-21)24-22-14-12-19(13-15-22)17-6-2-1-3-7-17/h1-16H,(H,24,25). The number of benzene rings is 4. The second kappa shape index (κ2) is 6.62. The first kappa shape index (κ1) is 15.2. The number of carbonyl (C=O) groups is 1. The summed E-state index contributed by atoms with van der Waals surface area (Å²) >= 11 is 0. The van der Waals surface area contributed by atoms with Gasteiger partial charge in [-0.2, -0.15) is 0 Å². The van der Waals surface area contributed by atoms with Crippen LogP contribution < -0.4 is 5.32 Å². The molecule has 4 rings (SSSR count). The van der Waals surface area contributed by atoms with Gasteiger partial charge in [-0.3, -0.25) is 4.79 Å². The summed E-state index contributed by atoms with van der Waals surface area (Å²) in [6, 6.07) is 31.9. The van der Waals surface area contributed by atoms with Gasteiger partial charge in [0.2, 0.25) is 0 Å². The van der Waals surface area contributed by atoms with Crippen LogP contribution in [0, 0.1) is 0 Å². The summed E-state index contributed by atoms with van der Waals surface area (Å²) in [6.45, 7) is 0. The Bertz CT molecular complexity index is 1020. The highest BCUT2D eigenvalue weighted by Crippen LogP contribution is 2.22. The van der Waals surface area contributed by atoms with Gasteiger partial charge in [-0.05, 0) is 46.2 Å². The van der Waals surface area contributed by atoms with E-state index < -0.39 is 0 Å². The number of amides is 1. The first-order chi connectivity index (χ1) is 12.3. The number of hydrogen-bond acceptors (Lipinski definition) is 1. The Kier molecular flexibility index (Phi) is 4.01. The van der Waals surface area contributed by atoms with E-state index in [-0.39, 0.29) is 5.91 Å². The van der Waals surface area contributed by atoms with Crippen LogP contribution in [0.3, 0.4) is 0 Å². The topological polar surface area (TPSA) is 29.1 Å². The molecule has 2 heteroatoms. The summed E-state index contributed by atoms with van der Waals surface area (Å²) < 4.78 is 0. The third kappa shape index (κ3) is 3.29. The van der Waals surface area contributed by atoms with E-state index in [1.807, 2.05) is 84.9 Å². The first-order valence-electron chi connectivity index (χ1n) is 8.25. The number of anilines is 1. The molecule has 25 heavy (non-hydrogen) atoms. The van der Waals surface area contributed by atoms with Gasteiger partial charge in [-0.1, -0.05) is 72.8 Å². The van der Waals surface area contributed by atoms with E-state index in [9.17, 15) is 4.79 Å². The lowest BCUT2D eigenvalue weighted by Crippen LogP contribution is -2.11. The summed E-state index contributed by atoms with van der Waals surface area (Å²) in [5.41, 5.74) is 3.74. The van der Waals surface area contributed by atoms with E-state index in [2.05, 4.69) is 17.4 Å². The van der Waals surface area contributed by atoms with Gasteiger partial charge in [-0.15, -0.1) is 0 Å². The minimum Gasteiger partial charge on any atom is -0.322 e. The Morgan fingerprint density at radius 1 is 0.600 bits per heavy atom. The smallest absolute Gasteiger partial charge is 0.255 e. The molecule has 1 N–H and O–H groups in total. The molecule has 1 amide bonds. The quantitative estimate of drug-likeness (QED) is 0.510. The molecule has 0 bridgehead atoms. The van der Waals surface area contributed by atoms with Gasteiger partial charge in [0.1, 0.15) is 0 Å². The highest BCUT2D eigenvalue weighted by atomic mass is 16.1. The molecule has 0 fully saturated rings. The molecule has 4 aromatic rings. The fourth-order valence-corrected chi connectivity index (χ4v) is 2.91. The fourth-order valence-electron chi connectivity index (χ4n) is 2.91. The van der Waals surface area contributed by atoms with Gasteiger partial charge >= 0.3 is 0 Å². The zero-order valence-corrected chi connectivity index (χ0v) is 13.6. The SMILES string of the molecule is O=C(Nc1ccc(-c2ccccc2)cc1)c1ccc2ccccc2c1. The minimum absolute atomic E-state index is 0.0989. The molecule has 0 saturated heterocycles. The van der Waals surface area contributed by atoms with Gasteiger partial charge in [0.15, 0.2) is 0 Å². The number of hydrogen-bond donors (Lipinski definition) is 1. The summed E-state index contributed by atoms with van der Waals surface area (Å²) in [5, 5.41) is 5.16. The van der Waals surface area contributed by atoms with E-state index in [1.54, 1.807) is 0 Å². The molecule has 0 spiro atoms. The monoisotopic (exact) mass is 323 g/mol. The molecule has 120 valence electrons. The maximum absolute atomic E-state index is 12.5. The highest BCUT2D eigenvalue weighted by Gasteiger charge is 2.07. The molecule has 0 radical (unpaired) electrons. The molecule has 0 aliphatic heterocycles. The maximum Gasteiger partial charge on any atom is 0.255 e. The number of rotatable bonds is 3. The van der Waals surface area contributed by atoms with Crippen molar-refractivity contribution in [2.24, 2.45) is 0 Å². The lowest BCUT2D eigenvalue weighted by molar-refractivity contribution is 0.102. The largest absolute Gasteiger partial charge is 0.322 e. The predicted molar refractivity (Wildman–Crippen MR) is 104 cm³/mol. The molecular weight excluding hydrogens is 306 g/mol. The maximum atomic E-state index is 12.5. The Morgan fingerprint density at radius 3 is 2.00 bits per heavy atom. The number of nitrogens with one attached hydrogen (secondary N) is 1. The Morgan fingerprint density at radius 2 is 1.24 bits per heavy atom. The lowest BCUT2D eigenvalue weighted by atomic mass is 10.1. The molecule has 0 aromatic heterocycles. The molecule has 0 atom stereocenters. The van der Waals surface area contributed by atoms with Crippen LogP contribution in [-0.2, 0) is 0 Å². The fraction of sp³-hybridized carbons (Fsp3) is 0. The van der Waals surface area contributed by atoms with Gasteiger partial charge in [0, 0.05) is 11.3 Å². The van der Waals surface area contributed by atoms with Gasteiger partial charge in [-0.25, -0.2) is 0 Å². The molecule has 0 aliphatic carbocycles. The van der Waals surface area contributed by atoms with Crippen LogP contribution >= 0.6 is 0 Å². The molecule has 4 aromatic carbocycles. The van der Waals surface area contributed by atoms with Gasteiger partial charge in [0.05, 0.1) is 0 Å². The summed E-state index contributed by atoms with van der Waals surface area (Å²) in [6.07, 6.45) is 0. The normalized spacial score (nSPS) is 10.6. The van der Waals surface area contributed by atoms with E-state index in [1.165, 1.54) is 0 Å². The average molecular weight is 323 g/mol. The van der Waals surface area contributed by atoms with Crippen LogP contribution in [0.4, 0.5) is 5.69 Å². The first-order valence-corrected chi connectivity index (χ1v) is 8.25. The zero-order valence-electron chi connectivity index (χ0n) is 13.6. The zero-order chi connectivity index (χ0) is 17.1. The van der Waals surface area contributed by atoms with Crippen molar-refractivity contribution in [1.82, 2.24) is 0 Å². The van der Waals surface area contributed by atoms with Crippen molar-refractivity contribution < 1.29 is 4.79 Å². The minimum atomic E-state index is -0.0989. The van der Waals surface area contributed by atoms with E-state index in [4.69, 9.17) is 0 Å². The Balaban J connectivity index is 1.53.